The largest absolute Gasteiger partial charge is 0.367 e. The number of rotatable bonds is 3. The Labute approximate surface area is 136 Å². The lowest BCUT2D eigenvalue weighted by atomic mass is 9.92. The molecular formula is C14H15ClF2N4S. The van der Waals surface area contributed by atoms with Gasteiger partial charge in [0.15, 0.2) is 5.82 Å². The molecule has 0 bridgehead atoms. The quantitative estimate of drug-likeness (QED) is 0.830. The third-order valence-electron chi connectivity index (χ3n) is 3.61. The van der Waals surface area contributed by atoms with Crippen LogP contribution in [0.25, 0.3) is 11.5 Å². The van der Waals surface area contributed by atoms with E-state index in [4.69, 9.17) is 11.6 Å². The summed E-state index contributed by atoms with van der Waals surface area (Å²) in [6.45, 7) is 1.90. The number of anilines is 1. The standard InChI is InChI=1S/C14H15ClF2N4S/c1-8-18-10(7-22-8)13-20-11(15)6-12(21-13)19-9-2-4-14(16,17)5-3-9/h6-7,9H,2-5H2,1H3,(H,19,20,21). The predicted molar refractivity (Wildman–Crippen MR) is 83.7 cm³/mol. The Bertz CT molecular complexity index is 667. The first kappa shape index (κ1) is 15.6. The second-order valence-electron chi connectivity index (χ2n) is 5.43. The van der Waals surface area contributed by atoms with E-state index < -0.39 is 5.92 Å². The van der Waals surface area contributed by atoms with Crippen LogP contribution in [0.15, 0.2) is 11.4 Å². The van der Waals surface area contributed by atoms with Gasteiger partial charge in [-0.2, -0.15) is 0 Å². The summed E-state index contributed by atoms with van der Waals surface area (Å²) in [5.74, 6) is -1.54. The molecule has 0 unspecified atom stereocenters. The number of hydrogen-bond acceptors (Lipinski definition) is 5. The zero-order chi connectivity index (χ0) is 15.7. The highest BCUT2D eigenvalue weighted by Crippen LogP contribution is 2.34. The molecule has 1 aliphatic carbocycles. The number of thiazole rings is 1. The molecular weight excluding hydrogens is 330 g/mol. The van der Waals surface area contributed by atoms with Gasteiger partial charge in [-0.3, -0.25) is 0 Å². The molecule has 1 N–H and O–H groups in total. The lowest BCUT2D eigenvalue weighted by Crippen LogP contribution is -2.32. The second kappa shape index (κ2) is 6.04. The molecule has 3 rings (SSSR count). The molecule has 0 radical (unpaired) electrons. The van der Waals surface area contributed by atoms with Gasteiger partial charge < -0.3 is 5.32 Å². The molecule has 22 heavy (non-hydrogen) atoms. The van der Waals surface area contributed by atoms with Crippen molar-refractivity contribution in [1.29, 1.82) is 0 Å². The molecule has 1 aliphatic rings. The fourth-order valence-corrected chi connectivity index (χ4v) is 3.24. The minimum Gasteiger partial charge on any atom is -0.367 e. The van der Waals surface area contributed by atoms with Gasteiger partial charge >= 0.3 is 0 Å². The van der Waals surface area contributed by atoms with Gasteiger partial charge in [0.2, 0.25) is 5.92 Å². The van der Waals surface area contributed by atoms with Crippen molar-refractivity contribution < 1.29 is 8.78 Å². The summed E-state index contributed by atoms with van der Waals surface area (Å²) >= 11 is 7.54. The lowest BCUT2D eigenvalue weighted by molar-refractivity contribution is -0.0361. The van der Waals surface area contributed by atoms with E-state index in [1.807, 2.05) is 12.3 Å². The molecule has 2 aromatic rings. The topological polar surface area (TPSA) is 50.7 Å². The summed E-state index contributed by atoms with van der Waals surface area (Å²) < 4.78 is 26.4. The Morgan fingerprint density at radius 3 is 2.64 bits per heavy atom. The number of aromatic nitrogens is 3. The fraction of sp³-hybridized carbons (Fsp3) is 0.500. The molecule has 8 heteroatoms. The zero-order valence-electron chi connectivity index (χ0n) is 11.9. The van der Waals surface area contributed by atoms with Gasteiger partial charge in [-0.25, -0.2) is 23.7 Å². The van der Waals surface area contributed by atoms with Crippen LogP contribution in [0.2, 0.25) is 5.15 Å². The highest BCUT2D eigenvalue weighted by molar-refractivity contribution is 7.09. The number of hydrogen-bond donors (Lipinski definition) is 1. The van der Waals surface area contributed by atoms with Gasteiger partial charge in [-0.1, -0.05) is 11.6 Å². The van der Waals surface area contributed by atoms with Crippen molar-refractivity contribution in [3.63, 3.8) is 0 Å². The molecule has 0 saturated heterocycles. The van der Waals surface area contributed by atoms with Crippen LogP contribution in [0.1, 0.15) is 30.7 Å². The maximum absolute atomic E-state index is 13.2. The van der Waals surface area contributed by atoms with Crippen molar-refractivity contribution >= 4 is 28.8 Å². The average molecular weight is 345 g/mol. The third-order valence-corrected chi connectivity index (χ3v) is 4.58. The van der Waals surface area contributed by atoms with Crippen LogP contribution in [-0.4, -0.2) is 26.9 Å². The van der Waals surface area contributed by atoms with Crippen LogP contribution in [-0.2, 0) is 0 Å². The first-order chi connectivity index (χ1) is 10.4. The number of halogens is 3. The van der Waals surface area contributed by atoms with Gasteiger partial charge in [0.05, 0.1) is 5.01 Å². The SMILES string of the molecule is Cc1nc(-c2nc(Cl)cc(NC3CCC(F)(F)CC3)n2)cs1. The van der Waals surface area contributed by atoms with Gasteiger partial charge in [-0.05, 0) is 19.8 Å². The second-order valence-corrected chi connectivity index (χ2v) is 6.88. The molecule has 118 valence electrons. The summed E-state index contributed by atoms with van der Waals surface area (Å²) in [5.41, 5.74) is 0.670. The van der Waals surface area contributed by atoms with Crippen LogP contribution < -0.4 is 5.32 Å². The normalized spacial score (nSPS) is 18.4. The molecule has 2 heterocycles. The molecule has 0 amide bonds. The van der Waals surface area contributed by atoms with Crippen molar-refractivity contribution in [2.45, 2.75) is 44.6 Å². The van der Waals surface area contributed by atoms with Gasteiger partial charge in [0, 0.05) is 30.3 Å². The van der Waals surface area contributed by atoms with Crippen LogP contribution >= 0.6 is 22.9 Å². The number of nitrogens with one attached hydrogen (secondary N) is 1. The Morgan fingerprint density at radius 1 is 1.27 bits per heavy atom. The van der Waals surface area contributed by atoms with Crippen LogP contribution in [0.3, 0.4) is 0 Å². The Morgan fingerprint density at radius 2 is 2.00 bits per heavy atom. The Balaban J connectivity index is 1.76. The van der Waals surface area contributed by atoms with Crippen LogP contribution in [0.4, 0.5) is 14.6 Å². The molecule has 4 nitrogen and oxygen atoms in total. The van der Waals surface area contributed by atoms with Gasteiger partial charge in [0.1, 0.15) is 16.7 Å². The van der Waals surface area contributed by atoms with Crippen LogP contribution in [0.5, 0.6) is 0 Å². The lowest BCUT2D eigenvalue weighted by Gasteiger charge is -2.29. The van der Waals surface area contributed by atoms with E-state index >= 15 is 0 Å². The minimum absolute atomic E-state index is 0.0180. The van der Waals surface area contributed by atoms with E-state index in [1.54, 1.807) is 6.07 Å². The molecule has 1 fully saturated rings. The van der Waals surface area contributed by atoms with Crippen molar-refractivity contribution in [1.82, 2.24) is 15.0 Å². The maximum atomic E-state index is 13.2. The van der Waals surface area contributed by atoms with Gasteiger partial charge in [0.25, 0.3) is 0 Å². The number of nitrogens with zero attached hydrogens (tertiary/aromatic N) is 3. The van der Waals surface area contributed by atoms with Crippen molar-refractivity contribution in [3.05, 3.63) is 21.6 Å². The molecule has 0 aromatic carbocycles. The molecule has 0 spiro atoms. The summed E-state index contributed by atoms with van der Waals surface area (Å²) in [6, 6.07) is 1.59. The van der Waals surface area contributed by atoms with E-state index in [9.17, 15) is 8.78 Å². The van der Waals surface area contributed by atoms with Gasteiger partial charge in [-0.15, -0.1) is 11.3 Å². The molecule has 0 atom stereocenters. The van der Waals surface area contributed by atoms with Crippen molar-refractivity contribution in [2.24, 2.45) is 0 Å². The van der Waals surface area contributed by atoms with E-state index in [0.29, 0.717) is 35.3 Å². The first-order valence-electron chi connectivity index (χ1n) is 7.03. The summed E-state index contributed by atoms with van der Waals surface area (Å²) in [5, 5.41) is 6.27. The van der Waals surface area contributed by atoms with Crippen molar-refractivity contribution in [3.8, 4) is 11.5 Å². The molecule has 0 aliphatic heterocycles. The van der Waals surface area contributed by atoms with E-state index in [2.05, 4.69) is 20.3 Å². The Hall–Kier alpha value is -1.34. The summed E-state index contributed by atoms with van der Waals surface area (Å²) in [7, 11) is 0. The highest BCUT2D eigenvalue weighted by Gasteiger charge is 2.34. The monoisotopic (exact) mass is 344 g/mol. The van der Waals surface area contributed by atoms with Crippen LogP contribution in [0, 0.1) is 6.92 Å². The maximum Gasteiger partial charge on any atom is 0.248 e. The number of alkyl halides is 2. The first-order valence-corrected chi connectivity index (χ1v) is 8.28. The molecule has 1 saturated carbocycles. The zero-order valence-corrected chi connectivity index (χ0v) is 13.5. The fourth-order valence-electron chi connectivity index (χ4n) is 2.47. The average Bonchev–Trinajstić information content (AvgIpc) is 2.87. The van der Waals surface area contributed by atoms with E-state index in [0.717, 1.165) is 5.01 Å². The summed E-state index contributed by atoms with van der Waals surface area (Å²) in [6.07, 6.45) is 0.642. The Kier molecular flexibility index (Phi) is 4.27. The van der Waals surface area contributed by atoms with E-state index in [1.165, 1.54) is 11.3 Å². The number of aryl methyl sites for hydroxylation is 1. The minimum atomic E-state index is -2.54. The highest BCUT2D eigenvalue weighted by atomic mass is 35.5. The summed E-state index contributed by atoms with van der Waals surface area (Å²) in [4.78, 5) is 12.9. The third kappa shape index (κ3) is 3.70. The van der Waals surface area contributed by atoms with E-state index in [-0.39, 0.29) is 18.9 Å². The smallest absolute Gasteiger partial charge is 0.248 e. The molecule has 2 aromatic heterocycles. The predicted octanol–water partition coefficient (Wildman–Crippen LogP) is 4.55. The van der Waals surface area contributed by atoms with Crippen molar-refractivity contribution in [2.75, 3.05) is 5.32 Å².